The molecule has 0 aliphatic carbocycles. The van der Waals surface area contributed by atoms with Gasteiger partial charge in [-0.1, -0.05) is 0 Å². The molecule has 1 unspecified atom stereocenters. The lowest BCUT2D eigenvalue weighted by molar-refractivity contribution is 0.0295. The molecular formula is C17H14F2N2O2. The third-order valence-electron chi connectivity index (χ3n) is 4.47. The molecule has 2 atom stereocenters. The number of halogens is 2. The second-order valence-corrected chi connectivity index (χ2v) is 5.94. The van der Waals surface area contributed by atoms with Crippen molar-refractivity contribution in [1.29, 1.82) is 0 Å². The van der Waals surface area contributed by atoms with Gasteiger partial charge in [-0.3, -0.25) is 4.79 Å². The van der Waals surface area contributed by atoms with Gasteiger partial charge in [0.25, 0.3) is 5.91 Å². The van der Waals surface area contributed by atoms with E-state index in [2.05, 4.69) is 4.98 Å². The summed E-state index contributed by atoms with van der Waals surface area (Å²) in [5.41, 5.74) is 7.72. The summed E-state index contributed by atoms with van der Waals surface area (Å²) < 4.78 is 33.3. The second-order valence-electron chi connectivity index (χ2n) is 5.94. The molecule has 2 aliphatic rings. The zero-order chi connectivity index (χ0) is 16.1. The van der Waals surface area contributed by atoms with E-state index in [9.17, 15) is 13.6 Å². The molecule has 0 spiro atoms. The van der Waals surface area contributed by atoms with Crippen LogP contribution in [0.3, 0.4) is 0 Å². The Morgan fingerprint density at radius 1 is 1.22 bits per heavy atom. The van der Waals surface area contributed by atoms with Gasteiger partial charge in [-0.15, -0.1) is 0 Å². The van der Waals surface area contributed by atoms with E-state index in [1.807, 2.05) is 0 Å². The summed E-state index contributed by atoms with van der Waals surface area (Å²) in [6.07, 6.45) is 2.21. The molecule has 2 aromatic rings. The summed E-state index contributed by atoms with van der Waals surface area (Å²) in [5.74, 6) is -2.00. The molecule has 2 N–H and O–H groups in total. The summed E-state index contributed by atoms with van der Waals surface area (Å²) in [4.78, 5) is 15.9. The van der Waals surface area contributed by atoms with Crippen LogP contribution in [-0.2, 0) is 11.2 Å². The minimum Gasteiger partial charge on any atom is -0.368 e. The van der Waals surface area contributed by atoms with Gasteiger partial charge in [-0.25, -0.2) is 13.8 Å². The van der Waals surface area contributed by atoms with Crippen LogP contribution in [0.2, 0.25) is 0 Å². The first-order valence-electron chi connectivity index (χ1n) is 7.47. The molecule has 0 saturated carbocycles. The Balaban J connectivity index is 1.97. The molecule has 1 aromatic heterocycles. The number of aromatic nitrogens is 1. The number of nitrogens with two attached hydrogens (primary N) is 1. The molecule has 3 heterocycles. The van der Waals surface area contributed by atoms with Crippen LogP contribution in [0.1, 0.15) is 40.7 Å². The molecule has 2 aliphatic heterocycles. The van der Waals surface area contributed by atoms with Crippen molar-refractivity contribution in [2.75, 3.05) is 0 Å². The van der Waals surface area contributed by atoms with E-state index in [4.69, 9.17) is 10.5 Å². The lowest BCUT2D eigenvalue weighted by Crippen LogP contribution is -2.23. The number of hydrogen-bond donors (Lipinski definition) is 1. The molecule has 0 radical (unpaired) electrons. The largest absolute Gasteiger partial charge is 0.368 e. The van der Waals surface area contributed by atoms with Crippen molar-refractivity contribution < 1.29 is 18.3 Å². The van der Waals surface area contributed by atoms with Crippen LogP contribution in [0.4, 0.5) is 8.78 Å². The van der Waals surface area contributed by atoms with Gasteiger partial charge in [0.15, 0.2) is 0 Å². The number of fused-ring (bicyclic) bond motifs is 4. The van der Waals surface area contributed by atoms with Crippen LogP contribution in [0.5, 0.6) is 0 Å². The third kappa shape index (κ3) is 2.30. The maximum Gasteiger partial charge on any atom is 0.267 e. The van der Waals surface area contributed by atoms with Gasteiger partial charge in [-0.05, 0) is 42.2 Å². The first-order valence-corrected chi connectivity index (χ1v) is 7.47. The van der Waals surface area contributed by atoms with Crippen molar-refractivity contribution >= 4 is 5.91 Å². The highest BCUT2D eigenvalue weighted by molar-refractivity contribution is 5.92. The molecule has 6 heteroatoms. The minimum atomic E-state index is -0.684. The van der Waals surface area contributed by atoms with Gasteiger partial charge in [0.2, 0.25) is 0 Å². The molecule has 1 saturated heterocycles. The fourth-order valence-corrected chi connectivity index (χ4v) is 3.43. The van der Waals surface area contributed by atoms with Crippen LogP contribution >= 0.6 is 0 Å². The lowest BCUT2D eigenvalue weighted by atomic mass is 9.92. The van der Waals surface area contributed by atoms with E-state index in [0.29, 0.717) is 17.7 Å². The number of hydrogen-bond acceptors (Lipinski definition) is 3. The highest BCUT2D eigenvalue weighted by atomic mass is 19.1. The van der Waals surface area contributed by atoms with Gasteiger partial charge in [0.05, 0.1) is 11.8 Å². The molecule has 1 fully saturated rings. The standard InChI is InChI=1S/C17H14F2N2O2/c18-8-1-3-10(13(19)5-8)11-7-14(17(20)22)21-16-12(11)6-9-2-4-15(16)23-9/h1,3,5,7,9,15H,2,4,6H2,(H2,20,22)/t9-,15?/m0/s1. The Bertz CT molecular complexity index is 822. The molecule has 2 bridgehead atoms. The number of nitrogens with zero attached hydrogens (tertiary/aromatic N) is 1. The normalized spacial score (nSPS) is 22.0. The molecule has 4 nitrogen and oxygen atoms in total. The molecular weight excluding hydrogens is 302 g/mol. The lowest BCUT2D eigenvalue weighted by Gasteiger charge is -2.26. The number of rotatable bonds is 2. The van der Waals surface area contributed by atoms with Crippen molar-refractivity contribution in [3.8, 4) is 11.1 Å². The van der Waals surface area contributed by atoms with E-state index < -0.39 is 17.5 Å². The van der Waals surface area contributed by atoms with Crippen LogP contribution < -0.4 is 5.73 Å². The predicted molar refractivity (Wildman–Crippen MR) is 78.7 cm³/mol. The summed E-state index contributed by atoms with van der Waals surface area (Å²) in [6.45, 7) is 0. The monoisotopic (exact) mass is 316 g/mol. The van der Waals surface area contributed by atoms with Gasteiger partial charge in [0.1, 0.15) is 23.4 Å². The maximum atomic E-state index is 14.2. The van der Waals surface area contributed by atoms with Crippen LogP contribution in [0.15, 0.2) is 24.3 Å². The summed E-state index contributed by atoms with van der Waals surface area (Å²) in [6, 6.07) is 4.90. The van der Waals surface area contributed by atoms with E-state index in [1.54, 1.807) is 0 Å². The molecule has 4 rings (SSSR count). The fourth-order valence-electron chi connectivity index (χ4n) is 3.43. The number of amides is 1. The number of ether oxygens (including phenoxy) is 1. The topological polar surface area (TPSA) is 65.2 Å². The summed E-state index contributed by atoms with van der Waals surface area (Å²) in [5, 5.41) is 0. The molecule has 23 heavy (non-hydrogen) atoms. The van der Waals surface area contributed by atoms with Crippen LogP contribution in [0.25, 0.3) is 11.1 Å². The Morgan fingerprint density at radius 2 is 2.04 bits per heavy atom. The zero-order valence-electron chi connectivity index (χ0n) is 12.2. The van der Waals surface area contributed by atoms with Gasteiger partial charge in [-0.2, -0.15) is 0 Å². The first kappa shape index (κ1) is 14.3. The average molecular weight is 316 g/mol. The van der Waals surface area contributed by atoms with E-state index >= 15 is 0 Å². The zero-order valence-corrected chi connectivity index (χ0v) is 12.2. The summed E-state index contributed by atoms with van der Waals surface area (Å²) >= 11 is 0. The number of carbonyl (C=O) groups excluding carboxylic acids is 1. The smallest absolute Gasteiger partial charge is 0.267 e. The molecule has 1 amide bonds. The number of pyridine rings is 1. The van der Waals surface area contributed by atoms with E-state index in [-0.39, 0.29) is 23.5 Å². The quantitative estimate of drug-likeness (QED) is 0.926. The van der Waals surface area contributed by atoms with Gasteiger partial charge < -0.3 is 10.5 Å². The van der Waals surface area contributed by atoms with Crippen molar-refractivity contribution in [1.82, 2.24) is 4.98 Å². The highest BCUT2D eigenvalue weighted by Gasteiger charge is 2.37. The Hall–Kier alpha value is -2.34. The van der Waals surface area contributed by atoms with Crippen molar-refractivity contribution in [3.05, 3.63) is 52.9 Å². The van der Waals surface area contributed by atoms with Gasteiger partial charge >= 0.3 is 0 Å². The number of benzene rings is 1. The first-order chi connectivity index (χ1) is 11.0. The second kappa shape index (κ2) is 5.09. The number of carbonyl (C=O) groups is 1. The minimum absolute atomic E-state index is 0.0661. The van der Waals surface area contributed by atoms with Crippen LogP contribution in [-0.4, -0.2) is 17.0 Å². The predicted octanol–water partition coefficient (Wildman–Crippen LogP) is 2.90. The van der Waals surface area contributed by atoms with Crippen molar-refractivity contribution in [3.63, 3.8) is 0 Å². The molecule has 1 aromatic carbocycles. The molecule has 118 valence electrons. The Morgan fingerprint density at radius 3 is 2.78 bits per heavy atom. The van der Waals surface area contributed by atoms with E-state index in [0.717, 1.165) is 24.5 Å². The van der Waals surface area contributed by atoms with Crippen molar-refractivity contribution in [2.24, 2.45) is 5.73 Å². The number of primary amides is 1. The Kier molecular flexibility index (Phi) is 3.16. The SMILES string of the molecule is NC(=O)c1cc(-c2ccc(F)cc2F)c2c(n1)C1CC[C@@H](C2)O1. The average Bonchev–Trinajstić information content (AvgIpc) is 2.89. The fraction of sp³-hybridized carbons (Fsp3) is 0.294. The van der Waals surface area contributed by atoms with Crippen molar-refractivity contribution in [2.45, 2.75) is 31.5 Å². The maximum absolute atomic E-state index is 14.2. The van der Waals surface area contributed by atoms with E-state index in [1.165, 1.54) is 18.2 Å². The van der Waals surface area contributed by atoms with Gasteiger partial charge in [0, 0.05) is 18.1 Å². The van der Waals surface area contributed by atoms with Crippen LogP contribution in [0, 0.1) is 11.6 Å². The highest BCUT2D eigenvalue weighted by Crippen LogP contribution is 2.43. The Labute approximate surface area is 131 Å². The summed E-state index contributed by atoms with van der Waals surface area (Å²) in [7, 11) is 0. The third-order valence-corrected chi connectivity index (χ3v) is 4.47.